The Bertz CT molecular complexity index is 803. The summed E-state index contributed by atoms with van der Waals surface area (Å²) in [4.78, 5) is 27.7. The Labute approximate surface area is 151 Å². The van der Waals surface area contributed by atoms with E-state index in [9.17, 15) is 9.59 Å². The minimum absolute atomic E-state index is 0.154. The maximum absolute atomic E-state index is 12.6. The van der Waals surface area contributed by atoms with Crippen molar-refractivity contribution in [2.45, 2.75) is 26.4 Å². The molecule has 2 aromatic rings. The predicted octanol–water partition coefficient (Wildman–Crippen LogP) is 0.529. The molecule has 1 amide bonds. The van der Waals surface area contributed by atoms with Crippen LogP contribution in [0, 0.1) is 6.92 Å². The Kier molecular flexibility index (Phi) is 5.08. The molecule has 3 heterocycles. The van der Waals surface area contributed by atoms with Gasteiger partial charge in [0.2, 0.25) is 0 Å². The summed E-state index contributed by atoms with van der Waals surface area (Å²) in [7, 11) is 1.93. The molecule has 2 aromatic heterocycles. The van der Waals surface area contributed by atoms with E-state index in [-0.39, 0.29) is 11.6 Å². The van der Waals surface area contributed by atoms with Gasteiger partial charge in [0.25, 0.3) is 5.91 Å². The van der Waals surface area contributed by atoms with Crippen LogP contribution in [-0.2, 0) is 18.4 Å². The Hall–Kier alpha value is -2.68. The number of hydrogen-bond acceptors (Lipinski definition) is 5. The maximum atomic E-state index is 12.6. The van der Waals surface area contributed by atoms with Crippen LogP contribution in [0.2, 0.25) is 0 Å². The van der Waals surface area contributed by atoms with Crippen LogP contribution in [0.15, 0.2) is 18.5 Å². The molecule has 9 heteroatoms. The molecule has 1 atom stereocenters. The average molecular weight is 360 g/mol. The summed E-state index contributed by atoms with van der Waals surface area (Å²) in [6, 6.07) is 0.781. The first-order valence-corrected chi connectivity index (χ1v) is 8.64. The second-order valence-corrected chi connectivity index (χ2v) is 6.64. The number of aromatic nitrogens is 4. The van der Waals surface area contributed by atoms with Crippen molar-refractivity contribution in [3.63, 3.8) is 0 Å². The molecule has 0 bridgehead atoms. The van der Waals surface area contributed by atoms with Crippen LogP contribution in [0.4, 0.5) is 0 Å². The topological polar surface area (TPSA) is 96.5 Å². The lowest BCUT2D eigenvalue weighted by atomic mass is 10.2. The van der Waals surface area contributed by atoms with Crippen LogP contribution >= 0.6 is 0 Å². The van der Waals surface area contributed by atoms with Crippen molar-refractivity contribution in [2.24, 2.45) is 7.05 Å². The molecule has 0 aliphatic carbocycles. The molecule has 140 valence electrons. The highest BCUT2D eigenvalue weighted by atomic mass is 16.4. The SMILES string of the molecule is Cc1c(CN2CCN(C(=O)c3ccn(C(C)C(=O)O)n3)CC2)cnn1C. The summed E-state index contributed by atoms with van der Waals surface area (Å²) in [6.45, 7) is 7.23. The van der Waals surface area contributed by atoms with Gasteiger partial charge in [-0.25, -0.2) is 4.79 Å². The summed E-state index contributed by atoms with van der Waals surface area (Å²) in [5.74, 6) is -1.13. The third-order valence-electron chi connectivity index (χ3n) is 4.97. The zero-order valence-electron chi connectivity index (χ0n) is 15.3. The highest BCUT2D eigenvalue weighted by Gasteiger charge is 2.25. The predicted molar refractivity (Wildman–Crippen MR) is 93.7 cm³/mol. The normalized spacial score (nSPS) is 16.7. The molecule has 1 aliphatic heterocycles. The molecule has 0 spiro atoms. The minimum atomic E-state index is -0.980. The summed E-state index contributed by atoms with van der Waals surface area (Å²) in [6.07, 6.45) is 3.43. The molecule has 0 aromatic carbocycles. The van der Waals surface area contributed by atoms with Crippen LogP contribution in [-0.4, -0.2) is 72.5 Å². The highest BCUT2D eigenvalue weighted by molar-refractivity contribution is 5.92. The van der Waals surface area contributed by atoms with Gasteiger partial charge in [0.15, 0.2) is 0 Å². The molecule has 1 unspecified atom stereocenters. The highest BCUT2D eigenvalue weighted by Crippen LogP contribution is 2.14. The number of amides is 1. The standard InChI is InChI=1S/C17H24N6O3/c1-12-14(10-18-20(12)3)11-21-6-8-22(9-7-21)16(24)15-4-5-23(19-15)13(2)17(25)26/h4-5,10,13H,6-9,11H2,1-3H3,(H,25,26). The number of aliphatic carboxylic acids is 1. The number of piperazine rings is 1. The molecule has 1 aliphatic rings. The molecule has 9 nitrogen and oxygen atoms in total. The number of nitrogens with zero attached hydrogens (tertiary/aromatic N) is 6. The fraction of sp³-hybridized carbons (Fsp3) is 0.529. The van der Waals surface area contributed by atoms with E-state index >= 15 is 0 Å². The molecule has 3 rings (SSSR count). The first-order chi connectivity index (χ1) is 12.4. The minimum Gasteiger partial charge on any atom is -0.480 e. The van der Waals surface area contributed by atoms with Gasteiger partial charge in [0.05, 0.1) is 6.20 Å². The van der Waals surface area contributed by atoms with Crippen LogP contribution in [0.1, 0.15) is 34.7 Å². The zero-order valence-corrected chi connectivity index (χ0v) is 15.3. The summed E-state index contributed by atoms with van der Waals surface area (Å²) < 4.78 is 3.17. The van der Waals surface area contributed by atoms with Crippen LogP contribution in [0.25, 0.3) is 0 Å². The Morgan fingerprint density at radius 2 is 1.96 bits per heavy atom. The van der Waals surface area contributed by atoms with Gasteiger partial charge in [-0.3, -0.25) is 19.1 Å². The van der Waals surface area contributed by atoms with Crippen molar-refractivity contribution in [1.29, 1.82) is 0 Å². The van der Waals surface area contributed by atoms with E-state index in [0.29, 0.717) is 13.1 Å². The summed E-state index contributed by atoms with van der Waals surface area (Å²) >= 11 is 0. The van der Waals surface area contributed by atoms with Gasteiger partial charge in [0, 0.05) is 57.2 Å². The van der Waals surface area contributed by atoms with Gasteiger partial charge in [-0.05, 0) is 19.9 Å². The van der Waals surface area contributed by atoms with Gasteiger partial charge in [-0.1, -0.05) is 0 Å². The van der Waals surface area contributed by atoms with Crippen molar-refractivity contribution in [3.8, 4) is 0 Å². The van der Waals surface area contributed by atoms with Crippen molar-refractivity contribution in [1.82, 2.24) is 29.4 Å². The zero-order chi connectivity index (χ0) is 18.8. The lowest BCUT2D eigenvalue weighted by Gasteiger charge is -2.34. The molecule has 1 N–H and O–H groups in total. The van der Waals surface area contributed by atoms with E-state index in [1.807, 2.05) is 17.9 Å². The van der Waals surface area contributed by atoms with Crippen LogP contribution < -0.4 is 0 Å². The molecule has 0 saturated carbocycles. The van der Waals surface area contributed by atoms with Crippen LogP contribution in [0.3, 0.4) is 0 Å². The summed E-state index contributed by atoms with van der Waals surface area (Å²) in [5.41, 5.74) is 2.64. The third kappa shape index (κ3) is 3.62. The van der Waals surface area contributed by atoms with E-state index in [2.05, 4.69) is 22.0 Å². The van der Waals surface area contributed by atoms with E-state index in [1.165, 1.54) is 23.4 Å². The second-order valence-electron chi connectivity index (χ2n) is 6.64. The monoisotopic (exact) mass is 360 g/mol. The van der Waals surface area contributed by atoms with Gasteiger partial charge in [0.1, 0.15) is 11.7 Å². The van der Waals surface area contributed by atoms with E-state index < -0.39 is 12.0 Å². The number of carboxylic acid groups (broad SMARTS) is 1. The number of carboxylic acids is 1. The van der Waals surface area contributed by atoms with Gasteiger partial charge >= 0.3 is 5.97 Å². The number of carbonyl (C=O) groups is 2. The maximum Gasteiger partial charge on any atom is 0.328 e. The fourth-order valence-corrected chi connectivity index (χ4v) is 2.99. The smallest absolute Gasteiger partial charge is 0.328 e. The Morgan fingerprint density at radius 1 is 1.27 bits per heavy atom. The quantitative estimate of drug-likeness (QED) is 0.835. The average Bonchev–Trinajstić information content (AvgIpc) is 3.24. The van der Waals surface area contributed by atoms with E-state index in [1.54, 1.807) is 11.0 Å². The Morgan fingerprint density at radius 3 is 2.54 bits per heavy atom. The molecule has 1 fully saturated rings. The molecular formula is C17H24N6O3. The van der Waals surface area contributed by atoms with Crippen molar-refractivity contribution in [2.75, 3.05) is 26.2 Å². The number of aryl methyl sites for hydroxylation is 1. The van der Waals surface area contributed by atoms with Crippen molar-refractivity contribution < 1.29 is 14.7 Å². The fourth-order valence-electron chi connectivity index (χ4n) is 2.99. The number of rotatable bonds is 5. The number of hydrogen-bond donors (Lipinski definition) is 1. The largest absolute Gasteiger partial charge is 0.480 e. The first-order valence-electron chi connectivity index (χ1n) is 8.64. The lowest BCUT2D eigenvalue weighted by molar-refractivity contribution is -0.140. The van der Waals surface area contributed by atoms with Crippen molar-refractivity contribution >= 4 is 11.9 Å². The van der Waals surface area contributed by atoms with Crippen molar-refractivity contribution in [3.05, 3.63) is 35.4 Å². The first kappa shape index (κ1) is 18.1. The summed E-state index contributed by atoms with van der Waals surface area (Å²) in [5, 5.41) is 17.4. The Balaban J connectivity index is 1.57. The number of carbonyl (C=O) groups excluding carboxylic acids is 1. The van der Waals surface area contributed by atoms with Gasteiger partial charge in [-0.2, -0.15) is 10.2 Å². The molecule has 26 heavy (non-hydrogen) atoms. The molecular weight excluding hydrogens is 336 g/mol. The lowest BCUT2D eigenvalue weighted by Crippen LogP contribution is -2.48. The third-order valence-corrected chi connectivity index (χ3v) is 4.97. The van der Waals surface area contributed by atoms with E-state index in [0.717, 1.165) is 25.3 Å². The molecule has 1 saturated heterocycles. The van der Waals surface area contributed by atoms with E-state index in [4.69, 9.17) is 5.11 Å². The van der Waals surface area contributed by atoms with Gasteiger partial charge in [-0.15, -0.1) is 0 Å². The molecule has 0 radical (unpaired) electrons. The van der Waals surface area contributed by atoms with Crippen LogP contribution in [0.5, 0.6) is 0 Å². The van der Waals surface area contributed by atoms with Gasteiger partial charge < -0.3 is 10.0 Å². The second kappa shape index (κ2) is 7.28.